The molecule has 3 saturated heterocycles. The van der Waals surface area contributed by atoms with E-state index >= 15 is 0 Å². The second kappa shape index (κ2) is 8.36. The zero-order chi connectivity index (χ0) is 28.0. The second-order valence-electron chi connectivity index (χ2n) is 12.7. The van der Waals surface area contributed by atoms with Crippen LogP contribution in [0, 0.1) is 5.41 Å². The van der Waals surface area contributed by atoms with Gasteiger partial charge in [0.15, 0.2) is 0 Å². The van der Waals surface area contributed by atoms with Crippen LogP contribution in [0.25, 0.3) is 21.8 Å². The minimum atomic E-state index is -0.691. The molecule has 2 aromatic heterocycles. The molecule has 3 fully saturated rings. The molecule has 40 heavy (non-hydrogen) atoms. The van der Waals surface area contributed by atoms with Gasteiger partial charge in [0.2, 0.25) is 5.91 Å². The molecule has 0 unspecified atom stereocenters. The zero-order valence-electron chi connectivity index (χ0n) is 23.2. The van der Waals surface area contributed by atoms with E-state index in [4.69, 9.17) is 0 Å². The fourth-order valence-corrected chi connectivity index (χ4v) is 7.37. The summed E-state index contributed by atoms with van der Waals surface area (Å²) >= 11 is 0. The normalized spacial score (nSPS) is 25.1. The Bertz CT molecular complexity index is 1670. The molecule has 3 atom stereocenters. The van der Waals surface area contributed by atoms with Crippen molar-refractivity contribution in [2.75, 3.05) is 32.1 Å². The first-order chi connectivity index (χ1) is 19.0. The van der Waals surface area contributed by atoms with Crippen LogP contribution in [0.15, 0.2) is 54.6 Å². The first kappa shape index (κ1) is 24.7. The van der Waals surface area contributed by atoms with Crippen molar-refractivity contribution < 1.29 is 14.4 Å². The monoisotopic (exact) mass is 538 g/mol. The third-order valence-corrected chi connectivity index (χ3v) is 9.23. The molecule has 3 bridgehead atoms. The number of amides is 3. The fourth-order valence-electron chi connectivity index (χ4n) is 7.37. The molecule has 0 saturated carbocycles. The number of benzene rings is 2. The molecule has 5 heterocycles. The second-order valence-corrected chi connectivity index (χ2v) is 12.7. The van der Waals surface area contributed by atoms with Gasteiger partial charge in [0.1, 0.15) is 17.4 Å². The Morgan fingerprint density at radius 1 is 0.975 bits per heavy atom. The predicted octanol–water partition coefficient (Wildman–Crippen LogP) is 3.74. The number of aromatic nitrogens is 2. The molecule has 206 valence electrons. The van der Waals surface area contributed by atoms with Gasteiger partial charge in [-0.15, -0.1) is 0 Å². The van der Waals surface area contributed by atoms with E-state index in [1.54, 1.807) is 0 Å². The molecular weight excluding hydrogens is 504 g/mol. The largest absolute Gasteiger partial charge is 0.378 e. The predicted molar refractivity (Wildman–Crippen MR) is 154 cm³/mol. The molecule has 9 nitrogen and oxygen atoms in total. The number of hydrogen-bond donors (Lipinski definition) is 3. The van der Waals surface area contributed by atoms with Gasteiger partial charge in [-0.25, -0.2) is 0 Å². The summed E-state index contributed by atoms with van der Waals surface area (Å²) in [4.78, 5) is 53.6. The summed E-state index contributed by atoms with van der Waals surface area (Å²) in [6.07, 6.45) is 1.38. The third-order valence-electron chi connectivity index (χ3n) is 9.23. The van der Waals surface area contributed by atoms with Crippen molar-refractivity contribution in [3.8, 4) is 0 Å². The zero-order valence-corrected chi connectivity index (χ0v) is 23.2. The van der Waals surface area contributed by atoms with Gasteiger partial charge in [-0.1, -0.05) is 38.1 Å². The maximum atomic E-state index is 14.0. The van der Waals surface area contributed by atoms with Crippen molar-refractivity contribution in [1.82, 2.24) is 25.1 Å². The number of nitrogens with zero attached hydrogens (tertiary/aromatic N) is 3. The Morgan fingerprint density at radius 3 is 2.48 bits per heavy atom. The Kier molecular flexibility index (Phi) is 5.18. The van der Waals surface area contributed by atoms with Gasteiger partial charge in [0.25, 0.3) is 11.8 Å². The summed E-state index contributed by atoms with van der Waals surface area (Å²) in [6.45, 7) is 5.05. The van der Waals surface area contributed by atoms with Crippen molar-refractivity contribution in [3.63, 3.8) is 0 Å². The molecule has 3 aliphatic rings. The smallest absolute Gasteiger partial charge is 0.270 e. The number of hydrogen-bond acceptors (Lipinski definition) is 4. The standard InChI is InChI=1S/C31H34N6O3/c1-30(2)16-31-14-21(15-37(31)28(39)25-12-19-9-10-20(35(3)4)13-23(19)33-25)36(17-31)29(40)26(30)34-27(38)24-11-18-7-5-6-8-22(18)32-24/h5-13,21,26,32-33H,14-17H2,1-4H3,(H,34,38)/t21-,26+,31+/m0/s1. The van der Waals surface area contributed by atoms with E-state index in [0.29, 0.717) is 30.9 Å². The number of H-pyrrole nitrogens is 2. The molecule has 0 radical (unpaired) electrons. The summed E-state index contributed by atoms with van der Waals surface area (Å²) in [5.74, 6) is -0.393. The van der Waals surface area contributed by atoms with Crippen LogP contribution < -0.4 is 10.2 Å². The quantitative estimate of drug-likeness (QED) is 0.368. The van der Waals surface area contributed by atoms with E-state index in [1.807, 2.05) is 91.2 Å². The number of nitrogens with one attached hydrogen (secondary N) is 3. The summed E-state index contributed by atoms with van der Waals surface area (Å²) < 4.78 is 0. The minimum Gasteiger partial charge on any atom is -0.378 e. The molecule has 0 aliphatic carbocycles. The van der Waals surface area contributed by atoms with Crippen molar-refractivity contribution in [1.29, 1.82) is 0 Å². The van der Waals surface area contributed by atoms with Gasteiger partial charge in [-0.3, -0.25) is 14.4 Å². The van der Waals surface area contributed by atoms with Gasteiger partial charge in [0, 0.05) is 54.7 Å². The van der Waals surface area contributed by atoms with Crippen LogP contribution in [-0.4, -0.2) is 82.3 Å². The number of piperazine rings is 1. The van der Waals surface area contributed by atoms with Crippen LogP contribution in [0.5, 0.6) is 0 Å². The Labute approximate surface area is 232 Å². The van der Waals surface area contributed by atoms with Crippen LogP contribution in [-0.2, 0) is 4.79 Å². The lowest BCUT2D eigenvalue weighted by atomic mass is 9.73. The Morgan fingerprint density at radius 2 is 1.70 bits per heavy atom. The van der Waals surface area contributed by atoms with Crippen molar-refractivity contribution in [2.45, 2.75) is 44.3 Å². The summed E-state index contributed by atoms with van der Waals surface area (Å²) in [7, 11) is 3.99. The van der Waals surface area contributed by atoms with E-state index in [0.717, 1.165) is 33.9 Å². The van der Waals surface area contributed by atoms with E-state index in [9.17, 15) is 14.4 Å². The van der Waals surface area contributed by atoms with E-state index in [1.165, 1.54) is 0 Å². The highest BCUT2D eigenvalue weighted by molar-refractivity contribution is 6.02. The summed E-state index contributed by atoms with van der Waals surface area (Å²) in [5.41, 5.74) is 2.83. The maximum absolute atomic E-state index is 14.0. The SMILES string of the molecule is CN(C)c1ccc2cc(C(=O)N3C[C@@H]4C[C@@]35CN4C(=O)[C@@H](NC(=O)c3cc4ccccc4[nH]3)C(C)(C)C5)[nH]c2c1. The highest BCUT2D eigenvalue weighted by Gasteiger charge is 2.63. The average molecular weight is 539 g/mol. The number of fused-ring (bicyclic) bond motifs is 5. The van der Waals surface area contributed by atoms with Crippen LogP contribution in [0.2, 0.25) is 0 Å². The lowest BCUT2D eigenvalue weighted by Gasteiger charge is -2.42. The maximum Gasteiger partial charge on any atom is 0.270 e. The fraction of sp³-hybridized carbons (Fsp3) is 0.387. The van der Waals surface area contributed by atoms with Gasteiger partial charge < -0.3 is 30.0 Å². The van der Waals surface area contributed by atoms with Gasteiger partial charge in [-0.05, 0) is 48.6 Å². The number of aromatic amines is 2. The highest BCUT2D eigenvalue weighted by Crippen LogP contribution is 2.51. The number of para-hydroxylation sites is 1. The first-order valence-corrected chi connectivity index (χ1v) is 13.9. The van der Waals surface area contributed by atoms with Crippen LogP contribution in [0.3, 0.4) is 0 Å². The molecule has 4 aromatic rings. The van der Waals surface area contributed by atoms with Crippen LogP contribution in [0.1, 0.15) is 47.7 Å². The number of rotatable bonds is 4. The summed E-state index contributed by atoms with van der Waals surface area (Å²) in [6, 6.07) is 16.8. The lowest BCUT2D eigenvalue weighted by molar-refractivity contribution is -0.136. The van der Waals surface area contributed by atoms with E-state index in [2.05, 4.69) is 21.4 Å². The first-order valence-electron chi connectivity index (χ1n) is 13.9. The summed E-state index contributed by atoms with van der Waals surface area (Å²) in [5, 5.41) is 5.00. The minimum absolute atomic E-state index is 0.0337. The highest BCUT2D eigenvalue weighted by atomic mass is 16.2. The van der Waals surface area contributed by atoms with Gasteiger partial charge in [0.05, 0.1) is 11.6 Å². The molecule has 3 N–H and O–H groups in total. The molecule has 2 aromatic carbocycles. The van der Waals surface area contributed by atoms with Crippen LogP contribution >= 0.6 is 0 Å². The van der Waals surface area contributed by atoms with Crippen molar-refractivity contribution in [2.24, 2.45) is 5.41 Å². The number of carbonyl (C=O) groups is 3. The Balaban J connectivity index is 1.16. The third kappa shape index (κ3) is 3.63. The topological polar surface area (TPSA) is 105 Å². The molecular formula is C31H34N6O3. The molecule has 3 aliphatic heterocycles. The molecule has 1 spiro atoms. The average Bonchev–Trinajstić information content (AvgIpc) is 3.68. The van der Waals surface area contributed by atoms with E-state index < -0.39 is 17.0 Å². The molecule has 9 heteroatoms. The number of carbonyl (C=O) groups excluding carboxylic acids is 3. The Hall–Kier alpha value is -4.27. The van der Waals surface area contributed by atoms with Crippen LogP contribution in [0.4, 0.5) is 5.69 Å². The van der Waals surface area contributed by atoms with Gasteiger partial charge in [-0.2, -0.15) is 0 Å². The lowest BCUT2D eigenvalue weighted by Crippen LogP contribution is -2.57. The van der Waals surface area contributed by atoms with Crippen molar-refractivity contribution in [3.05, 3.63) is 66.0 Å². The van der Waals surface area contributed by atoms with E-state index in [-0.39, 0.29) is 23.8 Å². The number of anilines is 1. The molecule has 3 amide bonds. The number of likely N-dealkylation sites (tertiary alicyclic amines) is 1. The van der Waals surface area contributed by atoms with Gasteiger partial charge >= 0.3 is 0 Å². The molecule has 7 rings (SSSR count). The van der Waals surface area contributed by atoms with Crippen molar-refractivity contribution >= 4 is 45.2 Å².